The maximum Gasteiger partial charge on any atom is 0.323 e. The summed E-state index contributed by atoms with van der Waals surface area (Å²) >= 11 is 11.7. The monoisotopic (exact) mass is 304 g/mol. The predicted octanol–water partition coefficient (Wildman–Crippen LogP) is 3.19. The van der Waals surface area contributed by atoms with Gasteiger partial charge in [-0.05, 0) is 38.0 Å². The normalized spacial score (nSPS) is 13.7. The minimum Gasteiger partial charge on any atom is -0.480 e. The lowest BCUT2D eigenvalue weighted by molar-refractivity contribution is -0.167. The Labute approximate surface area is 121 Å². The molecule has 0 radical (unpaired) electrons. The summed E-state index contributed by atoms with van der Waals surface area (Å²) in [6, 6.07) is 4.74. The van der Waals surface area contributed by atoms with Crippen LogP contribution in [0.5, 0.6) is 0 Å². The highest BCUT2D eigenvalue weighted by atomic mass is 35.5. The number of rotatable bonds is 5. The molecule has 0 saturated carbocycles. The SMILES string of the molecule is CCOC(=O)C(C)(Cc1ccc(Cl)c(Cl)c1)C(=O)O. The van der Waals surface area contributed by atoms with Crippen LogP contribution in [-0.2, 0) is 20.7 Å². The minimum atomic E-state index is -1.65. The lowest BCUT2D eigenvalue weighted by Crippen LogP contribution is -2.40. The van der Waals surface area contributed by atoms with E-state index in [2.05, 4.69) is 0 Å². The van der Waals surface area contributed by atoms with Gasteiger partial charge in [-0.25, -0.2) is 0 Å². The molecule has 1 N–H and O–H groups in total. The third kappa shape index (κ3) is 3.61. The van der Waals surface area contributed by atoms with Crippen LogP contribution in [0.15, 0.2) is 18.2 Å². The molecule has 0 aliphatic carbocycles. The van der Waals surface area contributed by atoms with E-state index in [1.807, 2.05) is 0 Å². The van der Waals surface area contributed by atoms with Gasteiger partial charge in [0.1, 0.15) is 0 Å². The lowest BCUT2D eigenvalue weighted by Gasteiger charge is -2.22. The number of benzene rings is 1. The number of carboxylic acids is 1. The first kappa shape index (κ1) is 15.8. The number of ether oxygens (including phenoxy) is 1. The van der Waals surface area contributed by atoms with Crippen LogP contribution in [0.3, 0.4) is 0 Å². The summed E-state index contributed by atoms with van der Waals surface area (Å²) in [6.07, 6.45) is -0.0158. The summed E-state index contributed by atoms with van der Waals surface area (Å²) in [6.45, 7) is 3.08. The van der Waals surface area contributed by atoms with Gasteiger partial charge in [0, 0.05) is 0 Å². The molecule has 0 aliphatic heterocycles. The highest BCUT2D eigenvalue weighted by molar-refractivity contribution is 6.42. The number of carboxylic acid groups (broad SMARTS) is 1. The number of hydrogen-bond acceptors (Lipinski definition) is 3. The van der Waals surface area contributed by atoms with Gasteiger partial charge in [0.25, 0.3) is 0 Å². The van der Waals surface area contributed by atoms with Gasteiger partial charge in [0.2, 0.25) is 0 Å². The van der Waals surface area contributed by atoms with Crippen LogP contribution >= 0.6 is 23.2 Å². The number of aliphatic carboxylic acids is 1. The van der Waals surface area contributed by atoms with E-state index in [0.29, 0.717) is 15.6 Å². The summed E-state index contributed by atoms with van der Waals surface area (Å²) < 4.78 is 4.82. The number of esters is 1. The molecule has 0 heterocycles. The van der Waals surface area contributed by atoms with Crippen molar-refractivity contribution in [1.82, 2.24) is 0 Å². The number of halogens is 2. The molecule has 104 valence electrons. The Kier molecular flexibility index (Phi) is 5.20. The van der Waals surface area contributed by atoms with Crippen molar-refractivity contribution in [2.24, 2.45) is 5.41 Å². The van der Waals surface area contributed by atoms with E-state index in [0.717, 1.165) is 0 Å². The molecule has 0 aromatic heterocycles. The van der Waals surface area contributed by atoms with Gasteiger partial charge in [0.15, 0.2) is 5.41 Å². The van der Waals surface area contributed by atoms with Crippen molar-refractivity contribution in [3.63, 3.8) is 0 Å². The van der Waals surface area contributed by atoms with Crippen LogP contribution in [0.25, 0.3) is 0 Å². The molecule has 0 aliphatic rings. The molecule has 0 saturated heterocycles. The third-order valence-corrected chi connectivity index (χ3v) is 3.48. The van der Waals surface area contributed by atoms with Crippen LogP contribution in [-0.4, -0.2) is 23.7 Å². The number of hydrogen-bond donors (Lipinski definition) is 1. The standard InChI is InChI=1S/C13H14Cl2O4/c1-3-19-12(18)13(2,11(16)17)7-8-4-5-9(14)10(15)6-8/h4-6H,3,7H2,1-2H3,(H,16,17). The Bertz CT molecular complexity index is 501. The fraction of sp³-hybridized carbons (Fsp3) is 0.385. The van der Waals surface area contributed by atoms with Crippen molar-refractivity contribution < 1.29 is 19.4 Å². The summed E-state index contributed by atoms with van der Waals surface area (Å²) in [5.41, 5.74) is -1.04. The van der Waals surface area contributed by atoms with Gasteiger partial charge >= 0.3 is 11.9 Å². The zero-order valence-corrected chi connectivity index (χ0v) is 12.1. The van der Waals surface area contributed by atoms with Crippen molar-refractivity contribution in [2.45, 2.75) is 20.3 Å². The first-order chi connectivity index (χ1) is 8.81. The zero-order chi connectivity index (χ0) is 14.6. The smallest absolute Gasteiger partial charge is 0.323 e. The van der Waals surface area contributed by atoms with Crippen LogP contribution in [0, 0.1) is 5.41 Å². The largest absolute Gasteiger partial charge is 0.480 e. The summed E-state index contributed by atoms with van der Waals surface area (Å²) in [4.78, 5) is 23.1. The van der Waals surface area contributed by atoms with Crippen LogP contribution in [0.4, 0.5) is 0 Å². The quantitative estimate of drug-likeness (QED) is 0.670. The van der Waals surface area contributed by atoms with Crippen molar-refractivity contribution in [1.29, 1.82) is 0 Å². The lowest BCUT2D eigenvalue weighted by atomic mass is 9.83. The van der Waals surface area contributed by atoms with E-state index in [-0.39, 0.29) is 13.0 Å². The van der Waals surface area contributed by atoms with E-state index >= 15 is 0 Å². The molecule has 1 atom stereocenters. The minimum absolute atomic E-state index is 0.0158. The topological polar surface area (TPSA) is 63.6 Å². The summed E-state index contributed by atoms with van der Waals surface area (Å²) in [7, 11) is 0. The second kappa shape index (κ2) is 6.26. The van der Waals surface area contributed by atoms with Crippen molar-refractivity contribution >= 4 is 35.1 Å². The predicted molar refractivity (Wildman–Crippen MR) is 72.5 cm³/mol. The molecule has 1 aromatic carbocycles. The maximum absolute atomic E-state index is 11.8. The zero-order valence-electron chi connectivity index (χ0n) is 10.6. The summed E-state index contributed by atoms with van der Waals surface area (Å²) in [5.74, 6) is -2.01. The molecular formula is C13H14Cl2O4. The van der Waals surface area contributed by atoms with Gasteiger partial charge in [-0.1, -0.05) is 29.3 Å². The average Bonchev–Trinajstić information content (AvgIpc) is 2.33. The maximum atomic E-state index is 11.8. The van der Waals surface area contributed by atoms with Gasteiger partial charge < -0.3 is 9.84 Å². The van der Waals surface area contributed by atoms with Crippen LogP contribution < -0.4 is 0 Å². The molecule has 0 fully saturated rings. The number of carbonyl (C=O) groups excluding carboxylic acids is 1. The highest BCUT2D eigenvalue weighted by Gasteiger charge is 2.43. The fourth-order valence-electron chi connectivity index (χ4n) is 1.58. The van der Waals surface area contributed by atoms with E-state index in [1.165, 1.54) is 6.92 Å². The Hall–Kier alpha value is -1.26. The first-order valence-electron chi connectivity index (χ1n) is 5.65. The van der Waals surface area contributed by atoms with Crippen LogP contribution in [0.2, 0.25) is 10.0 Å². The molecule has 1 unspecified atom stereocenters. The van der Waals surface area contributed by atoms with Crippen LogP contribution in [0.1, 0.15) is 19.4 Å². The van der Waals surface area contributed by atoms with E-state index in [9.17, 15) is 14.7 Å². The molecule has 19 heavy (non-hydrogen) atoms. The fourth-order valence-corrected chi connectivity index (χ4v) is 1.90. The molecule has 0 amide bonds. The second-order valence-electron chi connectivity index (χ2n) is 4.28. The van der Waals surface area contributed by atoms with Crippen molar-refractivity contribution in [3.8, 4) is 0 Å². The first-order valence-corrected chi connectivity index (χ1v) is 6.41. The van der Waals surface area contributed by atoms with Gasteiger partial charge in [0.05, 0.1) is 16.7 Å². The Morgan fingerprint density at radius 1 is 1.32 bits per heavy atom. The molecule has 1 aromatic rings. The van der Waals surface area contributed by atoms with Crippen molar-refractivity contribution in [2.75, 3.05) is 6.61 Å². The molecule has 0 spiro atoms. The molecule has 4 nitrogen and oxygen atoms in total. The Balaban J connectivity index is 3.04. The molecule has 0 bridgehead atoms. The molecule has 1 rings (SSSR count). The molecule has 6 heteroatoms. The van der Waals surface area contributed by atoms with Gasteiger partial charge in [-0.15, -0.1) is 0 Å². The van der Waals surface area contributed by atoms with E-state index in [1.54, 1.807) is 25.1 Å². The Morgan fingerprint density at radius 3 is 2.42 bits per heavy atom. The average molecular weight is 305 g/mol. The van der Waals surface area contributed by atoms with E-state index < -0.39 is 17.4 Å². The van der Waals surface area contributed by atoms with E-state index in [4.69, 9.17) is 27.9 Å². The number of carbonyl (C=O) groups is 2. The molecular weight excluding hydrogens is 291 g/mol. The highest BCUT2D eigenvalue weighted by Crippen LogP contribution is 2.29. The Morgan fingerprint density at radius 2 is 1.95 bits per heavy atom. The second-order valence-corrected chi connectivity index (χ2v) is 5.10. The summed E-state index contributed by atoms with van der Waals surface area (Å²) in [5, 5.41) is 9.94. The third-order valence-electron chi connectivity index (χ3n) is 2.74. The van der Waals surface area contributed by atoms with Gasteiger partial charge in [-0.3, -0.25) is 9.59 Å². The van der Waals surface area contributed by atoms with Crippen molar-refractivity contribution in [3.05, 3.63) is 33.8 Å². The van der Waals surface area contributed by atoms with Gasteiger partial charge in [-0.2, -0.15) is 0 Å².